The fraction of sp³-hybridized carbons (Fsp3) is 0.500. The van der Waals surface area contributed by atoms with Crippen molar-refractivity contribution in [3.05, 3.63) is 29.8 Å². The average molecular weight is 272 g/mol. The van der Waals surface area contributed by atoms with Crippen LogP contribution in [-0.4, -0.2) is 28.2 Å². The quantitative estimate of drug-likeness (QED) is 0.771. The smallest absolute Gasteiger partial charge is 0.241 e. The third-order valence-corrected chi connectivity index (χ3v) is 4.29. The Kier molecular flexibility index (Phi) is 5.74. The zero-order valence-electron chi connectivity index (χ0n) is 10.7. The molecule has 1 unspecified atom stereocenters. The molecule has 6 heteroatoms. The number of methoxy groups -OCH3 is 1. The van der Waals surface area contributed by atoms with Gasteiger partial charge in [-0.3, -0.25) is 0 Å². The van der Waals surface area contributed by atoms with Gasteiger partial charge in [-0.05, 0) is 18.1 Å². The molecule has 1 aromatic carbocycles. The second-order valence-corrected chi connectivity index (χ2v) is 5.68. The van der Waals surface area contributed by atoms with Crippen LogP contribution in [0.5, 0.6) is 0 Å². The highest BCUT2D eigenvalue weighted by Crippen LogP contribution is 2.15. The van der Waals surface area contributed by atoms with Crippen LogP contribution in [0.2, 0.25) is 0 Å². The van der Waals surface area contributed by atoms with E-state index < -0.39 is 10.0 Å². The number of benzene rings is 1. The Morgan fingerprint density at radius 2 is 2.06 bits per heavy atom. The SMILES string of the molecule is CCC(COC)NS(=O)(=O)c1ccccc1CN. The molecule has 0 saturated carbocycles. The summed E-state index contributed by atoms with van der Waals surface area (Å²) in [4.78, 5) is 0.238. The van der Waals surface area contributed by atoms with E-state index in [4.69, 9.17) is 10.5 Å². The Morgan fingerprint density at radius 1 is 1.39 bits per heavy atom. The molecule has 0 spiro atoms. The molecule has 0 radical (unpaired) electrons. The molecular weight excluding hydrogens is 252 g/mol. The van der Waals surface area contributed by atoms with Crippen molar-refractivity contribution in [2.75, 3.05) is 13.7 Å². The van der Waals surface area contributed by atoms with Gasteiger partial charge in [0.25, 0.3) is 0 Å². The van der Waals surface area contributed by atoms with Crippen LogP contribution in [0.4, 0.5) is 0 Å². The fourth-order valence-corrected chi connectivity index (χ4v) is 3.21. The third kappa shape index (κ3) is 3.78. The van der Waals surface area contributed by atoms with Crippen molar-refractivity contribution in [3.8, 4) is 0 Å². The predicted octanol–water partition coefficient (Wildman–Crippen LogP) is 0.849. The Labute approximate surface area is 108 Å². The Bertz CT molecular complexity index is 474. The van der Waals surface area contributed by atoms with Crippen LogP contribution in [0.1, 0.15) is 18.9 Å². The van der Waals surface area contributed by atoms with E-state index in [0.29, 0.717) is 18.6 Å². The van der Waals surface area contributed by atoms with Crippen LogP contribution in [0.15, 0.2) is 29.2 Å². The summed E-state index contributed by atoms with van der Waals surface area (Å²) >= 11 is 0. The monoisotopic (exact) mass is 272 g/mol. The van der Waals surface area contributed by atoms with Gasteiger partial charge in [0.2, 0.25) is 10.0 Å². The summed E-state index contributed by atoms with van der Waals surface area (Å²) in [6.45, 7) is 2.44. The second-order valence-electron chi connectivity index (χ2n) is 3.99. The summed E-state index contributed by atoms with van der Waals surface area (Å²) in [5.74, 6) is 0. The van der Waals surface area contributed by atoms with E-state index in [-0.39, 0.29) is 17.5 Å². The van der Waals surface area contributed by atoms with Crippen LogP contribution in [-0.2, 0) is 21.3 Å². The highest BCUT2D eigenvalue weighted by Gasteiger charge is 2.21. The molecule has 0 fully saturated rings. The van der Waals surface area contributed by atoms with Crippen LogP contribution in [0, 0.1) is 0 Å². The summed E-state index contributed by atoms with van der Waals surface area (Å²) < 4.78 is 32.1. The number of hydrogen-bond donors (Lipinski definition) is 2. The van der Waals surface area contributed by atoms with Crippen molar-refractivity contribution in [3.63, 3.8) is 0 Å². The van der Waals surface area contributed by atoms with Gasteiger partial charge in [0.1, 0.15) is 0 Å². The van der Waals surface area contributed by atoms with Gasteiger partial charge in [-0.2, -0.15) is 0 Å². The Morgan fingerprint density at radius 3 is 2.61 bits per heavy atom. The molecule has 0 heterocycles. The van der Waals surface area contributed by atoms with Gasteiger partial charge in [0.05, 0.1) is 11.5 Å². The van der Waals surface area contributed by atoms with Crippen molar-refractivity contribution in [2.24, 2.45) is 5.73 Å². The molecule has 18 heavy (non-hydrogen) atoms. The highest BCUT2D eigenvalue weighted by atomic mass is 32.2. The van der Waals surface area contributed by atoms with Gasteiger partial charge < -0.3 is 10.5 Å². The summed E-state index contributed by atoms with van der Waals surface area (Å²) in [5, 5.41) is 0. The molecule has 5 nitrogen and oxygen atoms in total. The molecule has 102 valence electrons. The van der Waals surface area contributed by atoms with Crippen molar-refractivity contribution in [2.45, 2.75) is 30.8 Å². The lowest BCUT2D eigenvalue weighted by Gasteiger charge is -2.17. The lowest BCUT2D eigenvalue weighted by atomic mass is 10.2. The fourth-order valence-electron chi connectivity index (χ4n) is 1.65. The van der Waals surface area contributed by atoms with E-state index in [2.05, 4.69) is 4.72 Å². The van der Waals surface area contributed by atoms with Gasteiger partial charge in [-0.25, -0.2) is 13.1 Å². The largest absolute Gasteiger partial charge is 0.383 e. The minimum Gasteiger partial charge on any atom is -0.383 e. The molecule has 0 aliphatic heterocycles. The van der Waals surface area contributed by atoms with Gasteiger partial charge in [-0.15, -0.1) is 0 Å². The topological polar surface area (TPSA) is 81.4 Å². The van der Waals surface area contributed by atoms with Gasteiger partial charge >= 0.3 is 0 Å². The molecule has 0 saturated heterocycles. The molecule has 0 aliphatic carbocycles. The zero-order chi connectivity index (χ0) is 13.6. The summed E-state index contributed by atoms with van der Waals surface area (Å²) in [6.07, 6.45) is 0.665. The lowest BCUT2D eigenvalue weighted by Crippen LogP contribution is -2.37. The molecule has 0 amide bonds. The minimum atomic E-state index is -3.55. The summed E-state index contributed by atoms with van der Waals surface area (Å²) in [7, 11) is -2.00. The second kappa shape index (κ2) is 6.84. The molecule has 1 aromatic rings. The zero-order valence-corrected chi connectivity index (χ0v) is 11.5. The van der Waals surface area contributed by atoms with E-state index in [0.717, 1.165) is 0 Å². The van der Waals surface area contributed by atoms with Crippen LogP contribution in [0.25, 0.3) is 0 Å². The molecule has 0 bridgehead atoms. The summed E-state index contributed by atoms with van der Waals surface area (Å²) in [5.41, 5.74) is 6.16. The first-order valence-electron chi connectivity index (χ1n) is 5.84. The van der Waals surface area contributed by atoms with Crippen LogP contribution in [0.3, 0.4) is 0 Å². The normalized spacial score (nSPS) is 13.5. The standard InChI is InChI=1S/C12H20N2O3S/c1-3-11(9-17-2)14-18(15,16)12-7-5-4-6-10(12)8-13/h4-7,11,14H,3,8-9,13H2,1-2H3. The third-order valence-electron chi connectivity index (χ3n) is 2.66. The molecule has 1 rings (SSSR count). The maximum atomic E-state index is 12.2. The average Bonchev–Trinajstić information content (AvgIpc) is 2.38. The number of rotatable bonds is 7. The maximum Gasteiger partial charge on any atom is 0.241 e. The van der Waals surface area contributed by atoms with E-state index in [1.165, 1.54) is 0 Å². The molecule has 0 aromatic heterocycles. The van der Waals surface area contributed by atoms with Crippen molar-refractivity contribution in [1.82, 2.24) is 4.72 Å². The molecule has 3 N–H and O–H groups in total. The van der Waals surface area contributed by atoms with Crippen molar-refractivity contribution >= 4 is 10.0 Å². The van der Waals surface area contributed by atoms with Crippen molar-refractivity contribution in [1.29, 1.82) is 0 Å². The predicted molar refractivity (Wildman–Crippen MR) is 70.6 cm³/mol. The molecule has 0 aliphatic rings. The number of ether oxygens (including phenoxy) is 1. The van der Waals surface area contributed by atoms with Gasteiger partial charge in [0.15, 0.2) is 0 Å². The van der Waals surface area contributed by atoms with Crippen LogP contribution >= 0.6 is 0 Å². The number of hydrogen-bond acceptors (Lipinski definition) is 4. The minimum absolute atomic E-state index is 0.193. The number of nitrogens with one attached hydrogen (secondary N) is 1. The summed E-state index contributed by atoms with van der Waals surface area (Å²) in [6, 6.07) is 6.50. The highest BCUT2D eigenvalue weighted by molar-refractivity contribution is 7.89. The van der Waals surface area contributed by atoms with Crippen LogP contribution < -0.4 is 10.5 Å². The maximum absolute atomic E-state index is 12.2. The van der Waals surface area contributed by atoms with Crippen molar-refractivity contribution < 1.29 is 13.2 Å². The van der Waals surface area contributed by atoms with Gasteiger partial charge in [-0.1, -0.05) is 25.1 Å². The number of sulfonamides is 1. The first-order chi connectivity index (χ1) is 8.55. The number of nitrogens with two attached hydrogens (primary N) is 1. The first-order valence-corrected chi connectivity index (χ1v) is 7.32. The lowest BCUT2D eigenvalue weighted by molar-refractivity contribution is 0.173. The Hall–Kier alpha value is -0.950. The van der Waals surface area contributed by atoms with E-state index >= 15 is 0 Å². The Balaban J connectivity index is 2.98. The van der Waals surface area contributed by atoms with E-state index in [9.17, 15) is 8.42 Å². The first kappa shape index (κ1) is 15.1. The molecular formula is C12H20N2O3S. The molecule has 1 atom stereocenters. The van der Waals surface area contributed by atoms with E-state index in [1.807, 2.05) is 6.92 Å². The van der Waals surface area contributed by atoms with E-state index in [1.54, 1.807) is 31.4 Å². The van der Waals surface area contributed by atoms with Gasteiger partial charge in [0, 0.05) is 19.7 Å².